The summed E-state index contributed by atoms with van der Waals surface area (Å²) in [6.07, 6.45) is 0.994. The van der Waals surface area contributed by atoms with Crippen molar-refractivity contribution in [2.75, 3.05) is 0 Å². The van der Waals surface area contributed by atoms with Crippen LogP contribution in [0.4, 0.5) is 0 Å². The van der Waals surface area contributed by atoms with Crippen molar-refractivity contribution < 1.29 is 0 Å². The first kappa shape index (κ1) is 13.2. The molecule has 3 aromatic heterocycles. The number of hydrogen-bond acceptors (Lipinski definition) is 5. The van der Waals surface area contributed by atoms with Gasteiger partial charge in [0.1, 0.15) is 5.69 Å². The van der Waals surface area contributed by atoms with Gasteiger partial charge in [0, 0.05) is 11.6 Å². The van der Waals surface area contributed by atoms with Crippen molar-refractivity contribution in [2.45, 2.75) is 40.0 Å². The van der Waals surface area contributed by atoms with Crippen LogP contribution in [0.1, 0.15) is 45.1 Å². The number of hydrogen-bond donors (Lipinski definition) is 1. The number of aromatic amines is 1. The molecule has 0 spiro atoms. The van der Waals surface area contributed by atoms with Crippen LogP contribution in [-0.4, -0.2) is 30.0 Å². The van der Waals surface area contributed by atoms with E-state index in [2.05, 4.69) is 59.3 Å². The van der Waals surface area contributed by atoms with E-state index >= 15 is 0 Å². The van der Waals surface area contributed by atoms with Crippen molar-refractivity contribution in [1.29, 1.82) is 0 Å². The van der Waals surface area contributed by atoms with Gasteiger partial charge in [0.25, 0.3) is 0 Å². The van der Waals surface area contributed by atoms with Crippen LogP contribution >= 0.6 is 11.3 Å². The van der Waals surface area contributed by atoms with E-state index in [1.165, 1.54) is 11.3 Å². The fourth-order valence-electron chi connectivity index (χ4n) is 2.11. The average Bonchev–Trinajstić information content (AvgIpc) is 2.99. The van der Waals surface area contributed by atoms with Gasteiger partial charge in [0.2, 0.25) is 4.96 Å². The summed E-state index contributed by atoms with van der Waals surface area (Å²) in [6, 6.07) is 2.07. The summed E-state index contributed by atoms with van der Waals surface area (Å²) in [4.78, 5) is 0.817. The van der Waals surface area contributed by atoms with Gasteiger partial charge in [0.15, 0.2) is 10.8 Å². The lowest BCUT2D eigenvalue weighted by molar-refractivity contribution is 0.633. The molecule has 0 unspecified atom stereocenters. The summed E-state index contributed by atoms with van der Waals surface area (Å²) in [5, 5.41) is 21.2. The molecule has 6 nitrogen and oxygen atoms in total. The zero-order chi connectivity index (χ0) is 14.3. The Hall–Kier alpha value is -1.76. The third-order valence-corrected chi connectivity index (χ3v) is 3.93. The summed E-state index contributed by atoms with van der Waals surface area (Å²) in [7, 11) is 0. The Labute approximate surface area is 121 Å². The fourth-order valence-corrected chi connectivity index (χ4v) is 2.92. The van der Waals surface area contributed by atoms with Crippen LogP contribution in [0.5, 0.6) is 0 Å². The molecular weight excluding hydrogens is 272 g/mol. The zero-order valence-electron chi connectivity index (χ0n) is 12.1. The topological polar surface area (TPSA) is 71.8 Å². The lowest BCUT2D eigenvalue weighted by Crippen LogP contribution is -1.97. The van der Waals surface area contributed by atoms with Crippen LogP contribution < -0.4 is 0 Å². The maximum Gasteiger partial charge on any atom is 0.235 e. The first-order chi connectivity index (χ1) is 9.54. The minimum atomic E-state index is 0.302. The Morgan fingerprint density at radius 3 is 2.75 bits per heavy atom. The molecule has 3 rings (SSSR count). The van der Waals surface area contributed by atoms with Gasteiger partial charge in [-0.15, -0.1) is 10.2 Å². The summed E-state index contributed by atoms with van der Waals surface area (Å²) in [5.74, 6) is 1.80. The van der Waals surface area contributed by atoms with Crippen molar-refractivity contribution >= 4 is 16.3 Å². The van der Waals surface area contributed by atoms with E-state index in [-0.39, 0.29) is 0 Å². The first-order valence-electron chi connectivity index (χ1n) is 6.81. The van der Waals surface area contributed by atoms with Crippen LogP contribution in [0.25, 0.3) is 15.7 Å². The molecule has 1 N–H and O–H groups in total. The van der Waals surface area contributed by atoms with Crippen molar-refractivity contribution in [1.82, 2.24) is 30.0 Å². The Balaban J connectivity index is 1.96. The predicted octanol–water partition coefficient (Wildman–Crippen LogP) is 2.90. The Kier molecular flexibility index (Phi) is 3.29. The van der Waals surface area contributed by atoms with Crippen LogP contribution in [0.15, 0.2) is 6.07 Å². The van der Waals surface area contributed by atoms with Gasteiger partial charge >= 0.3 is 0 Å². The van der Waals surface area contributed by atoms with E-state index in [0.29, 0.717) is 11.8 Å². The van der Waals surface area contributed by atoms with E-state index in [1.54, 1.807) is 0 Å². The Morgan fingerprint density at radius 1 is 1.25 bits per heavy atom. The molecule has 106 valence electrons. The summed E-state index contributed by atoms with van der Waals surface area (Å²) < 4.78 is 1.82. The molecule has 0 aliphatic heterocycles. The second-order valence-electron chi connectivity index (χ2n) is 5.69. The monoisotopic (exact) mass is 290 g/mol. The van der Waals surface area contributed by atoms with Crippen LogP contribution in [-0.2, 0) is 6.42 Å². The second-order valence-corrected chi connectivity index (χ2v) is 6.65. The second kappa shape index (κ2) is 4.97. The number of rotatable bonds is 4. The molecule has 0 radical (unpaired) electrons. The Morgan fingerprint density at radius 2 is 2.05 bits per heavy atom. The first-order valence-corrected chi connectivity index (χ1v) is 7.63. The molecule has 0 atom stereocenters. The van der Waals surface area contributed by atoms with E-state index in [4.69, 9.17) is 0 Å². The Bertz CT molecular complexity index is 720. The molecule has 20 heavy (non-hydrogen) atoms. The zero-order valence-corrected chi connectivity index (χ0v) is 12.9. The highest BCUT2D eigenvalue weighted by molar-refractivity contribution is 7.19. The van der Waals surface area contributed by atoms with Crippen molar-refractivity contribution in [3.05, 3.63) is 17.6 Å². The molecule has 0 aliphatic carbocycles. The molecule has 0 bridgehead atoms. The molecule has 0 amide bonds. The maximum atomic E-state index is 4.58. The molecule has 0 saturated carbocycles. The molecule has 0 saturated heterocycles. The van der Waals surface area contributed by atoms with Crippen molar-refractivity contribution in [3.63, 3.8) is 0 Å². The van der Waals surface area contributed by atoms with E-state index in [0.717, 1.165) is 33.6 Å². The van der Waals surface area contributed by atoms with E-state index < -0.39 is 0 Å². The van der Waals surface area contributed by atoms with E-state index in [1.807, 2.05) is 4.52 Å². The molecule has 3 heterocycles. The number of fused-ring (bicyclic) bond motifs is 1. The maximum absolute atomic E-state index is 4.58. The van der Waals surface area contributed by atoms with Crippen LogP contribution in [0.3, 0.4) is 0 Å². The molecule has 0 aliphatic rings. The lowest BCUT2D eigenvalue weighted by Gasteiger charge is -1.98. The molecule has 3 aromatic rings. The summed E-state index contributed by atoms with van der Waals surface area (Å²) >= 11 is 1.52. The van der Waals surface area contributed by atoms with Gasteiger partial charge < -0.3 is 0 Å². The SMILES string of the molecule is CC(C)Cc1cc(-c2nn3c(C(C)C)nnc3s2)n[nH]1. The molecule has 0 fully saturated rings. The summed E-state index contributed by atoms with van der Waals surface area (Å²) in [6.45, 7) is 8.56. The van der Waals surface area contributed by atoms with Crippen molar-refractivity contribution in [2.24, 2.45) is 5.92 Å². The highest BCUT2D eigenvalue weighted by Gasteiger charge is 2.16. The number of nitrogens with one attached hydrogen (secondary N) is 1. The average molecular weight is 290 g/mol. The van der Waals surface area contributed by atoms with Gasteiger partial charge in [-0.3, -0.25) is 5.10 Å². The standard InChI is InChI=1S/C13H18N6S/c1-7(2)5-9-6-10(15-14-9)12-18-19-11(8(3)4)16-17-13(19)20-12/h6-8H,5H2,1-4H3,(H,14,15). The van der Waals surface area contributed by atoms with E-state index in [9.17, 15) is 0 Å². The minimum absolute atomic E-state index is 0.302. The highest BCUT2D eigenvalue weighted by atomic mass is 32.1. The van der Waals surface area contributed by atoms with Crippen molar-refractivity contribution in [3.8, 4) is 10.7 Å². The predicted molar refractivity (Wildman–Crippen MR) is 78.9 cm³/mol. The number of H-pyrrole nitrogens is 1. The summed E-state index contributed by atoms with van der Waals surface area (Å²) in [5.41, 5.74) is 2.02. The smallest absolute Gasteiger partial charge is 0.235 e. The van der Waals surface area contributed by atoms with Crippen LogP contribution in [0.2, 0.25) is 0 Å². The molecule has 0 aromatic carbocycles. The largest absolute Gasteiger partial charge is 0.282 e. The van der Waals surface area contributed by atoms with Gasteiger partial charge in [-0.2, -0.15) is 14.7 Å². The van der Waals surface area contributed by atoms with Gasteiger partial charge in [-0.1, -0.05) is 39.0 Å². The lowest BCUT2D eigenvalue weighted by atomic mass is 10.1. The number of nitrogens with zero attached hydrogens (tertiary/aromatic N) is 5. The third kappa shape index (κ3) is 2.33. The normalized spacial score (nSPS) is 12.1. The minimum Gasteiger partial charge on any atom is -0.282 e. The molecule has 7 heteroatoms. The fraction of sp³-hybridized carbons (Fsp3) is 0.538. The van der Waals surface area contributed by atoms with Gasteiger partial charge in [-0.05, 0) is 18.4 Å². The number of aromatic nitrogens is 6. The third-order valence-electron chi connectivity index (χ3n) is 3.01. The van der Waals surface area contributed by atoms with Gasteiger partial charge in [0.05, 0.1) is 0 Å². The quantitative estimate of drug-likeness (QED) is 0.802. The molecular formula is C13H18N6S. The van der Waals surface area contributed by atoms with Gasteiger partial charge in [-0.25, -0.2) is 0 Å². The highest BCUT2D eigenvalue weighted by Crippen LogP contribution is 2.26. The van der Waals surface area contributed by atoms with Crippen LogP contribution in [0, 0.1) is 5.92 Å².